The summed E-state index contributed by atoms with van der Waals surface area (Å²) in [5.74, 6) is 0.784. The predicted octanol–water partition coefficient (Wildman–Crippen LogP) is 2.01. The van der Waals surface area contributed by atoms with Crippen LogP contribution in [0, 0.1) is 0 Å². The molecule has 0 aliphatic heterocycles. The Morgan fingerprint density at radius 3 is 2.86 bits per heavy atom. The van der Waals surface area contributed by atoms with E-state index >= 15 is 0 Å². The normalized spacial score (nSPS) is 11.4. The molecule has 0 spiro atoms. The van der Waals surface area contributed by atoms with Gasteiger partial charge in [0.25, 0.3) is 0 Å². The first kappa shape index (κ1) is 15.4. The van der Waals surface area contributed by atoms with Gasteiger partial charge in [-0.1, -0.05) is 13.0 Å². The Hall–Kier alpha value is -1.95. The molecule has 2 rings (SSSR count). The number of rotatable bonds is 6. The molecule has 0 radical (unpaired) electrons. The molecule has 2 aromatic heterocycles. The highest BCUT2D eigenvalue weighted by Gasteiger charge is 2.02. The summed E-state index contributed by atoms with van der Waals surface area (Å²) in [5.41, 5.74) is 2.14. The first-order valence-electron chi connectivity index (χ1n) is 7.09. The zero-order valence-corrected chi connectivity index (χ0v) is 13.3. The number of pyridine rings is 1. The predicted molar refractivity (Wildman–Crippen MR) is 87.6 cm³/mol. The molecule has 0 aromatic carbocycles. The second-order valence-electron chi connectivity index (χ2n) is 4.51. The van der Waals surface area contributed by atoms with Crippen LogP contribution in [0.3, 0.4) is 0 Å². The standard InChI is InChI=1S/C15H21N5S/c1-3-14-20-13(11-21-14)7-9-18-15(16-2)19-10-12-6-4-5-8-17-12/h4-6,8,11H,3,7,9-10H2,1-2H3,(H2,16,18,19). The Bertz CT molecular complexity index is 564. The van der Waals surface area contributed by atoms with Crippen molar-refractivity contribution in [3.05, 3.63) is 46.2 Å². The van der Waals surface area contributed by atoms with Gasteiger partial charge in [0.15, 0.2) is 5.96 Å². The summed E-state index contributed by atoms with van der Waals surface area (Å²) in [4.78, 5) is 13.0. The van der Waals surface area contributed by atoms with E-state index in [1.807, 2.05) is 18.2 Å². The average Bonchev–Trinajstić information content (AvgIpc) is 2.99. The number of nitrogens with one attached hydrogen (secondary N) is 2. The van der Waals surface area contributed by atoms with E-state index in [-0.39, 0.29) is 0 Å². The van der Waals surface area contributed by atoms with E-state index in [4.69, 9.17) is 0 Å². The highest BCUT2D eigenvalue weighted by molar-refractivity contribution is 7.09. The minimum absolute atomic E-state index is 0.664. The molecule has 2 heterocycles. The molecular formula is C15H21N5S. The highest BCUT2D eigenvalue weighted by Crippen LogP contribution is 2.10. The fourth-order valence-corrected chi connectivity index (χ4v) is 2.61. The molecule has 0 saturated carbocycles. The molecule has 0 atom stereocenters. The van der Waals surface area contributed by atoms with Crippen LogP contribution in [0.15, 0.2) is 34.8 Å². The minimum Gasteiger partial charge on any atom is -0.356 e. The first-order valence-corrected chi connectivity index (χ1v) is 7.97. The highest BCUT2D eigenvalue weighted by atomic mass is 32.1. The van der Waals surface area contributed by atoms with E-state index in [9.17, 15) is 0 Å². The van der Waals surface area contributed by atoms with E-state index in [0.29, 0.717) is 6.54 Å². The van der Waals surface area contributed by atoms with E-state index in [0.717, 1.165) is 36.7 Å². The van der Waals surface area contributed by atoms with Crippen LogP contribution >= 0.6 is 11.3 Å². The van der Waals surface area contributed by atoms with Crippen LogP contribution in [-0.2, 0) is 19.4 Å². The average molecular weight is 303 g/mol. The molecule has 21 heavy (non-hydrogen) atoms. The lowest BCUT2D eigenvalue weighted by atomic mass is 10.3. The molecular weight excluding hydrogens is 282 g/mol. The number of hydrogen-bond donors (Lipinski definition) is 2. The van der Waals surface area contributed by atoms with E-state index in [1.165, 1.54) is 5.01 Å². The summed E-state index contributed by atoms with van der Waals surface area (Å²) < 4.78 is 0. The van der Waals surface area contributed by atoms with Crippen molar-refractivity contribution in [3.63, 3.8) is 0 Å². The van der Waals surface area contributed by atoms with Gasteiger partial charge in [-0.15, -0.1) is 11.3 Å². The molecule has 6 heteroatoms. The van der Waals surface area contributed by atoms with Crippen molar-refractivity contribution in [2.24, 2.45) is 4.99 Å². The van der Waals surface area contributed by atoms with Gasteiger partial charge in [-0.2, -0.15) is 0 Å². The Balaban J connectivity index is 1.72. The molecule has 0 bridgehead atoms. The van der Waals surface area contributed by atoms with Crippen molar-refractivity contribution in [1.82, 2.24) is 20.6 Å². The SMILES string of the molecule is CCc1nc(CCNC(=NC)NCc2ccccn2)cs1. The van der Waals surface area contributed by atoms with Gasteiger partial charge in [-0.05, 0) is 18.6 Å². The second-order valence-corrected chi connectivity index (χ2v) is 5.45. The summed E-state index contributed by atoms with van der Waals surface area (Å²) in [5, 5.41) is 9.86. The summed E-state index contributed by atoms with van der Waals surface area (Å²) in [6.45, 7) is 3.61. The van der Waals surface area contributed by atoms with Crippen LogP contribution < -0.4 is 10.6 Å². The lowest BCUT2D eigenvalue weighted by Crippen LogP contribution is -2.38. The van der Waals surface area contributed by atoms with Gasteiger partial charge in [0.2, 0.25) is 0 Å². The van der Waals surface area contributed by atoms with Crippen molar-refractivity contribution in [3.8, 4) is 0 Å². The summed E-state index contributed by atoms with van der Waals surface area (Å²) >= 11 is 1.73. The van der Waals surface area contributed by atoms with E-state index in [2.05, 4.69) is 37.9 Å². The van der Waals surface area contributed by atoms with Crippen LogP contribution in [-0.4, -0.2) is 29.5 Å². The van der Waals surface area contributed by atoms with Gasteiger partial charge >= 0.3 is 0 Å². The molecule has 112 valence electrons. The summed E-state index contributed by atoms with van der Waals surface area (Å²) in [7, 11) is 1.77. The zero-order chi connectivity index (χ0) is 14.9. The fourth-order valence-electron chi connectivity index (χ4n) is 1.83. The van der Waals surface area contributed by atoms with Gasteiger partial charge in [-0.25, -0.2) is 4.98 Å². The third-order valence-corrected chi connectivity index (χ3v) is 4.00. The molecule has 0 amide bonds. The largest absolute Gasteiger partial charge is 0.356 e. The third-order valence-electron chi connectivity index (χ3n) is 2.96. The smallest absolute Gasteiger partial charge is 0.191 e. The Morgan fingerprint density at radius 1 is 1.29 bits per heavy atom. The molecule has 0 aliphatic carbocycles. The van der Waals surface area contributed by atoms with E-state index in [1.54, 1.807) is 24.6 Å². The topological polar surface area (TPSA) is 62.2 Å². The zero-order valence-electron chi connectivity index (χ0n) is 12.5. The summed E-state index contributed by atoms with van der Waals surface area (Å²) in [6, 6.07) is 5.88. The van der Waals surface area contributed by atoms with Crippen LogP contribution in [0.1, 0.15) is 23.3 Å². The van der Waals surface area contributed by atoms with Crippen LogP contribution in [0.25, 0.3) is 0 Å². The Morgan fingerprint density at radius 2 is 2.19 bits per heavy atom. The minimum atomic E-state index is 0.664. The molecule has 0 saturated heterocycles. The molecule has 5 nitrogen and oxygen atoms in total. The number of aromatic nitrogens is 2. The number of hydrogen-bond acceptors (Lipinski definition) is 4. The van der Waals surface area contributed by atoms with Crippen LogP contribution in [0.4, 0.5) is 0 Å². The maximum Gasteiger partial charge on any atom is 0.191 e. The Labute approximate surface area is 129 Å². The quantitative estimate of drug-likeness (QED) is 0.633. The number of thiazole rings is 1. The molecule has 2 aromatic rings. The lowest BCUT2D eigenvalue weighted by Gasteiger charge is -2.10. The van der Waals surface area contributed by atoms with Crippen molar-refractivity contribution >= 4 is 17.3 Å². The maximum absolute atomic E-state index is 4.55. The number of guanidine groups is 1. The van der Waals surface area contributed by atoms with Gasteiger partial charge < -0.3 is 10.6 Å². The maximum atomic E-state index is 4.55. The Kier molecular flexibility index (Phi) is 6.15. The van der Waals surface area contributed by atoms with Crippen molar-refractivity contribution in [1.29, 1.82) is 0 Å². The van der Waals surface area contributed by atoms with Crippen molar-refractivity contribution < 1.29 is 0 Å². The van der Waals surface area contributed by atoms with Crippen molar-refractivity contribution in [2.75, 3.05) is 13.6 Å². The van der Waals surface area contributed by atoms with Crippen LogP contribution in [0.5, 0.6) is 0 Å². The monoisotopic (exact) mass is 303 g/mol. The number of aliphatic imine (C=N–C) groups is 1. The summed E-state index contributed by atoms with van der Waals surface area (Å²) in [6.07, 6.45) is 3.70. The number of nitrogens with zero attached hydrogens (tertiary/aromatic N) is 3. The van der Waals surface area contributed by atoms with Gasteiger partial charge in [-0.3, -0.25) is 9.98 Å². The van der Waals surface area contributed by atoms with Gasteiger partial charge in [0.1, 0.15) is 0 Å². The van der Waals surface area contributed by atoms with Crippen molar-refractivity contribution in [2.45, 2.75) is 26.3 Å². The molecule has 0 unspecified atom stereocenters. The van der Waals surface area contributed by atoms with Gasteiger partial charge in [0, 0.05) is 31.6 Å². The van der Waals surface area contributed by atoms with E-state index < -0.39 is 0 Å². The van der Waals surface area contributed by atoms with Gasteiger partial charge in [0.05, 0.1) is 22.9 Å². The first-order chi connectivity index (χ1) is 10.3. The number of aryl methyl sites for hydroxylation is 1. The van der Waals surface area contributed by atoms with Crippen LogP contribution in [0.2, 0.25) is 0 Å². The fraction of sp³-hybridized carbons (Fsp3) is 0.400. The molecule has 0 fully saturated rings. The lowest BCUT2D eigenvalue weighted by molar-refractivity contribution is 0.775. The third kappa shape index (κ3) is 5.15. The molecule has 0 aliphatic rings. The second kappa shape index (κ2) is 8.36. The molecule has 2 N–H and O–H groups in total.